The summed E-state index contributed by atoms with van der Waals surface area (Å²) < 4.78 is 0. The van der Waals surface area contributed by atoms with Crippen LogP contribution in [-0.2, 0) is 6.42 Å². The van der Waals surface area contributed by atoms with Gasteiger partial charge in [-0.1, -0.05) is 18.2 Å². The average Bonchev–Trinajstić information content (AvgIpc) is 2.31. The number of hydrogen-bond donors (Lipinski definition) is 1. The van der Waals surface area contributed by atoms with E-state index in [2.05, 4.69) is 56.2 Å². The van der Waals surface area contributed by atoms with Crippen LogP contribution in [0.15, 0.2) is 18.2 Å². The van der Waals surface area contributed by atoms with Crippen LogP contribution in [0, 0.1) is 13.8 Å². The normalized spacial score (nSPS) is 26.1. The number of likely N-dealkylation sites (N-methyl/N-ethyl adjacent to an activating group) is 1. The number of nitrogens with one attached hydrogen (secondary N) is 1. The summed E-state index contributed by atoms with van der Waals surface area (Å²) in [6, 6.07) is 7.83. The minimum atomic E-state index is 0.578. The summed E-state index contributed by atoms with van der Waals surface area (Å²) in [5.74, 6) is 0. The fraction of sp³-hybridized carbons (Fsp3) is 0.600. The molecule has 1 saturated heterocycles. The van der Waals surface area contributed by atoms with Gasteiger partial charge in [-0.05, 0) is 50.9 Å². The summed E-state index contributed by atoms with van der Waals surface area (Å²) in [5, 5.41) is 3.65. The number of piperazine rings is 1. The summed E-state index contributed by atoms with van der Waals surface area (Å²) in [6.45, 7) is 9.02. The van der Waals surface area contributed by atoms with Crippen LogP contribution in [0.4, 0.5) is 0 Å². The zero-order chi connectivity index (χ0) is 12.4. The average molecular weight is 232 g/mol. The van der Waals surface area contributed by atoms with E-state index in [0.29, 0.717) is 12.1 Å². The van der Waals surface area contributed by atoms with Crippen LogP contribution >= 0.6 is 0 Å². The Morgan fingerprint density at radius 1 is 1.35 bits per heavy atom. The molecule has 1 N–H and O–H groups in total. The third-order valence-corrected chi connectivity index (χ3v) is 4.31. The van der Waals surface area contributed by atoms with Crippen molar-refractivity contribution in [3.63, 3.8) is 0 Å². The third kappa shape index (κ3) is 2.70. The molecule has 94 valence electrons. The predicted molar refractivity (Wildman–Crippen MR) is 73.5 cm³/mol. The zero-order valence-electron chi connectivity index (χ0n) is 11.5. The first-order chi connectivity index (χ1) is 8.09. The van der Waals surface area contributed by atoms with E-state index in [-0.39, 0.29) is 0 Å². The van der Waals surface area contributed by atoms with Gasteiger partial charge < -0.3 is 10.2 Å². The molecule has 0 aromatic heterocycles. The van der Waals surface area contributed by atoms with Crippen molar-refractivity contribution >= 4 is 0 Å². The van der Waals surface area contributed by atoms with E-state index < -0.39 is 0 Å². The Hall–Kier alpha value is -0.860. The van der Waals surface area contributed by atoms with Gasteiger partial charge in [-0.25, -0.2) is 0 Å². The van der Waals surface area contributed by atoms with E-state index in [1.54, 1.807) is 0 Å². The number of hydrogen-bond acceptors (Lipinski definition) is 2. The van der Waals surface area contributed by atoms with Crippen LogP contribution in [0.1, 0.15) is 23.6 Å². The number of nitrogens with zero attached hydrogens (tertiary/aromatic N) is 1. The molecule has 0 radical (unpaired) electrons. The summed E-state index contributed by atoms with van der Waals surface area (Å²) in [6.07, 6.45) is 1.14. The van der Waals surface area contributed by atoms with Gasteiger partial charge in [-0.15, -0.1) is 0 Å². The quantitative estimate of drug-likeness (QED) is 0.840. The highest BCUT2D eigenvalue weighted by Crippen LogP contribution is 2.18. The lowest BCUT2D eigenvalue weighted by molar-refractivity contribution is 0.163. The molecule has 2 nitrogen and oxygen atoms in total. The van der Waals surface area contributed by atoms with Gasteiger partial charge in [0, 0.05) is 25.2 Å². The first-order valence-corrected chi connectivity index (χ1v) is 6.58. The second-order valence-corrected chi connectivity index (χ2v) is 5.34. The number of benzene rings is 1. The van der Waals surface area contributed by atoms with Gasteiger partial charge >= 0.3 is 0 Å². The van der Waals surface area contributed by atoms with Gasteiger partial charge in [0.15, 0.2) is 0 Å². The Morgan fingerprint density at radius 3 is 2.88 bits per heavy atom. The molecule has 2 rings (SSSR count). The van der Waals surface area contributed by atoms with Gasteiger partial charge in [0.2, 0.25) is 0 Å². The zero-order valence-corrected chi connectivity index (χ0v) is 11.5. The van der Waals surface area contributed by atoms with Crippen LogP contribution < -0.4 is 5.32 Å². The van der Waals surface area contributed by atoms with Crippen molar-refractivity contribution in [3.8, 4) is 0 Å². The Bertz CT molecular complexity index is 387. The van der Waals surface area contributed by atoms with E-state index in [9.17, 15) is 0 Å². The molecule has 1 fully saturated rings. The number of aryl methyl sites for hydroxylation is 1. The molecule has 1 heterocycles. The van der Waals surface area contributed by atoms with E-state index >= 15 is 0 Å². The lowest BCUT2D eigenvalue weighted by Crippen LogP contribution is -2.55. The molecule has 0 bridgehead atoms. The molecule has 1 aromatic carbocycles. The molecule has 0 amide bonds. The Balaban J connectivity index is 2.12. The molecule has 2 heteroatoms. The van der Waals surface area contributed by atoms with Gasteiger partial charge in [0.25, 0.3) is 0 Å². The van der Waals surface area contributed by atoms with E-state index in [1.165, 1.54) is 16.7 Å². The molecule has 2 unspecified atom stereocenters. The molecule has 1 aliphatic heterocycles. The minimum absolute atomic E-state index is 0.578. The number of rotatable bonds is 2. The van der Waals surface area contributed by atoms with Crippen LogP contribution in [0.5, 0.6) is 0 Å². The molecule has 0 aliphatic carbocycles. The standard InChI is InChI=1S/C15H24N2/c1-11-6-5-7-14(12(11)2)10-15-13(3)17(4)9-8-16-15/h5-7,13,15-16H,8-10H2,1-4H3. The van der Waals surface area contributed by atoms with Crippen molar-refractivity contribution in [1.82, 2.24) is 10.2 Å². The smallest absolute Gasteiger partial charge is 0.0261 e. The Morgan fingerprint density at radius 2 is 2.12 bits per heavy atom. The molecular weight excluding hydrogens is 208 g/mol. The summed E-state index contributed by atoms with van der Waals surface area (Å²) in [7, 11) is 2.22. The summed E-state index contributed by atoms with van der Waals surface area (Å²) in [4.78, 5) is 2.45. The highest BCUT2D eigenvalue weighted by Gasteiger charge is 2.25. The second kappa shape index (κ2) is 5.19. The van der Waals surface area contributed by atoms with Crippen molar-refractivity contribution in [3.05, 3.63) is 34.9 Å². The van der Waals surface area contributed by atoms with Crippen molar-refractivity contribution in [2.24, 2.45) is 0 Å². The SMILES string of the molecule is Cc1cccc(CC2NCCN(C)C2C)c1C. The molecular formula is C15H24N2. The maximum absolute atomic E-state index is 3.65. The Kier molecular flexibility index (Phi) is 3.85. The Labute approximate surface area is 105 Å². The highest BCUT2D eigenvalue weighted by atomic mass is 15.2. The molecule has 17 heavy (non-hydrogen) atoms. The third-order valence-electron chi connectivity index (χ3n) is 4.31. The molecule has 1 aliphatic rings. The largest absolute Gasteiger partial charge is 0.311 e. The molecule has 1 aromatic rings. The van der Waals surface area contributed by atoms with Gasteiger partial charge in [-0.3, -0.25) is 0 Å². The molecule has 0 saturated carbocycles. The highest BCUT2D eigenvalue weighted by molar-refractivity contribution is 5.33. The minimum Gasteiger partial charge on any atom is -0.311 e. The lowest BCUT2D eigenvalue weighted by atomic mass is 9.93. The fourth-order valence-corrected chi connectivity index (χ4v) is 2.62. The summed E-state index contributed by atoms with van der Waals surface area (Å²) in [5.41, 5.74) is 4.35. The van der Waals surface area contributed by atoms with Gasteiger partial charge in [0.1, 0.15) is 0 Å². The first kappa shape index (κ1) is 12.6. The van der Waals surface area contributed by atoms with Gasteiger partial charge in [0.05, 0.1) is 0 Å². The maximum Gasteiger partial charge on any atom is 0.0261 e. The van der Waals surface area contributed by atoms with Crippen LogP contribution in [0.25, 0.3) is 0 Å². The maximum atomic E-state index is 3.65. The van der Waals surface area contributed by atoms with Crippen LogP contribution in [0.2, 0.25) is 0 Å². The lowest BCUT2D eigenvalue weighted by Gasteiger charge is -2.38. The summed E-state index contributed by atoms with van der Waals surface area (Å²) >= 11 is 0. The van der Waals surface area contributed by atoms with Crippen LogP contribution in [0.3, 0.4) is 0 Å². The van der Waals surface area contributed by atoms with E-state index in [0.717, 1.165) is 19.5 Å². The van der Waals surface area contributed by atoms with Crippen molar-refractivity contribution in [2.45, 2.75) is 39.3 Å². The van der Waals surface area contributed by atoms with E-state index in [1.807, 2.05) is 0 Å². The van der Waals surface area contributed by atoms with Crippen LogP contribution in [-0.4, -0.2) is 37.1 Å². The van der Waals surface area contributed by atoms with E-state index in [4.69, 9.17) is 0 Å². The fourth-order valence-electron chi connectivity index (χ4n) is 2.62. The van der Waals surface area contributed by atoms with Gasteiger partial charge in [-0.2, -0.15) is 0 Å². The first-order valence-electron chi connectivity index (χ1n) is 6.58. The second-order valence-electron chi connectivity index (χ2n) is 5.34. The van der Waals surface area contributed by atoms with Crippen molar-refractivity contribution < 1.29 is 0 Å². The molecule has 0 spiro atoms. The topological polar surface area (TPSA) is 15.3 Å². The van der Waals surface area contributed by atoms with Crippen molar-refractivity contribution in [1.29, 1.82) is 0 Å². The molecule has 2 atom stereocenters. The monoisotopic (exact) mass is 232 g/mol. The van der Waals surface area contributed by atoms with Crippen molar-refractivity contribution in [2.75, 3.05) is 20.1 Å². The predicted octanol–water partition coefficient (Wildman–Crippen LogP) is 2.14.